The Morgan fingerprint density at radius 1 is 0.765 bits per heavy atom. The second-order valence-corrected chi connectivity index (χ2v) is 7.52. The molecule has 2 aromatic carbocycles. The number of aromatic nitrogens is 5. The van der Waals surface area contributed by atoms with Crippen molar-refractivity contribution in [2.45, 2.75) is 0 Å². The van der Waals surface area contributed by atoms with E-state index in [1.807, 2.05) is 0 Å². The molecule has 0 aliphatic carbocycles. The van der Waals surface area contributed by atoms with Gasteiger partial charge in [-0.25, -0.2) is 9.97 Å². The third-order valence-electron chi connectivity index (χ3n) is 5.29. The number of nitrogen functional groups attached to an aromatic ring is 2. The minimum absolute atomic E-state index is 0.000780. The number of ketones is 2. The van der Waals surface area contributed by atoms with Crippen LogP contribution in [0, 0.1) is 10.8 Å². The highest BCUT2D eigenvalue weighted by atomic mass is 16.1. The van der Waals surface area contributed by atoms with E-state index < -0.39 is 11.6 Å². The first-order chi connectivity index (χ1) is 16.3. The molecule has 3 heterocycles. The molecule has 0 bridgehead atoms. The van der Waals surface area contributed by atoms with Gasteiger partial charge in [0.2, 0.25) is 11.6 Å². The van der Waals surface area contributed by atoms with Crippen molar-refractivity contribution in [3.05, 3.63) is 88.8 Å². The zero-order chi connectivity index (χ0) is 24.0. The van der Waals surface area contributed by atoms with Crippen LogP contribution in [-0.4, -0.2) is 48.2 Å². The van der Waals surface area contributed by atoms with Gasteiger partial charge >= 0.3 is 0 Å². The molecule has 8 N–H and O–H groups in total. The van der Waals surface area contributed by atoms with Gasteiger partial charge in [0.1, 0.15) is 17.4 Å². The molecule has 0 fully saturated rings. The van der Waals surface area contributed by atoms with Gasteiger partial charge in [0.25, 0.3) is 0 Å². The molecule has 0 atom stereocenters. The Bertz CT molecular complexity index is 1540. The zero-order valence-electron chi connectivity index (χ0n) is 17.5. The Morgan fingerprint density at radius 3 is 1.82 bits per heavy atom. The average molecular weight is 451 g/mol. The van der Waals surface area contributed by atoms with Gasteiger partial charge in [0.05, 0.1) is 27.6 Å². The van der Waals surface area contributed by atoms with Crippen LogP contribution in [0.1, 0.15) is 43.6 Å². The highest BCUT2D eigenvalue weighted by Gasteiger charge is 2.25. The molecule has 0 saturated heterocycles. The topological polar surface area (TPSA) is 204 Å². The van der Waals surface area contributed by atoms with E-state index in [0.29, 0.717) is 33.2 Å². The normalized spacial score (nSPS) is 11.1. The van der Waals surface area contributed by atoms with E-state index in [1.165, 1.54) is 12.3 Å². The molecule has 0 aliphatic heterocycles. The molecular formula is C23H17N9O2. The third-order valence-corrected chi connectivity index (χ3v) is 5.29. The smallest absolute Gasteiger partial charge is 0.247 e. The Kier molecular flexibility index (Phi) is 4.71. The van der Waals surface area contributed by atoms with Gasteiger partial charge in [0, 0.05) is 17.3 Å². The number of fused-ring (bicyclic) bond motifs is 2. The third kappa shape index (κ3) is 3.46. The van der Waals surface area contributed by atoms with Crippen molar-refractivity contribution >= 4 is 45.3 Å². The van der Waals surface area contributed by atoms with Crippen LogP contribution in [0.2, 0.25) is 0 Å². The molecule has 0 unspecified atom stereocenters. The summed E-state index contributed by atoms with van der Waals surface area (Å²) in [6, 6.07) is 12.9. The molecule has 0 saturated carbocycles. The lowest BCUT2D eigenvalue weighted by Crippen LogP contribution is -2.15. The summed E-state index contributed by atoms with van der Waals surface area (Å²) in [5.41, 5.74) is 14.1. The largest absolute Gasteiger partial charge is 0.384 e. The first kappa shape index (κ1) is 20.7. The summed E-state index contributed by atoms with van der Waals surface area (Å²) in [7, 11) is 0. The van der Waals surface area contributed by atoms with E-state index in [2.05, 4.69) is 24.9 Å². The number of nitrogens with one attached hydrogen (secondary N) is 4. The quantitative estimate of drug-likeness (QED) is 0.128. The number of carbonyl (C=O) groups excluding carboxylic acids is 2. The zero-order valence-corrected chi connectivity index (χ0v) is 17.5. The van der Waals surface area contributed by atoms with E-state index in [0.717, 1.165) is 0 Å². The van der Waals surface area contributed by atoms with Crippen LogP contribution in [0.4, 0.5) is 0 Å². The van der Waals surface area contributed by atoms with Crippen molar-refractivity contribution in [2.75, 3.05) is 0 Å². The highest BCUT2D eigenvalue weighted by Crippen LogP contribution is 2.20. The molecule has 0 spiro atoms. The number of benzene rings is 2. The number of H-pyrrole nitrogens is 2. The number of rotatable bonds is 6. The Labute approximate surface area is 191 Å². The standard InChI is InChI=1S/C23H17N9O2/c24-20(25)10-3-5-13-15(8-10)31-22(29-13)18(33)12-2-1-7-28-17(12)19(34)23-30-14-6-4-11(21(26)27)9-16(14)32-23/h1-9H,(H3,24,25)(H3,26,27)(H,29,31)(H,30,32). The summed E-state index contributed by atoms with van der Waals surface area (Å²) in [4.78, 5) is 45.1. The fraction of sp³-hybridized carbons (Fsp3) is 0. The van der Waals surface area contributed by atoms with Gasteiger partial charge in [-0.2, -0.15) is 0 Å². The number of nitrogens with two attached hydrogens (primary N) is 2. The van der Waals surface area contributed by atoms with Crippen molar-refractivity contribution in [3.8, 4) is 0 Å². The SMILES string of the molecule is N=C(N)c1ccc2[nH]c(C(=O)c3cccnc3C(=O)c3nc4cc(C(=N)N)ccc4[nH]3)nc2c1. The lowest BCUT2D eigenvalue weighted by Gasteiger charge is -2.04. The Hall–Kier alpha value is -5.19. The molecule has 11 nitrogen and oxygen atoms in total. The minimum atomic E-state index is -0.570. The number of amidine groups is 2. The number of carbonyl (C=O) groups is 2. The predicted molar refractivity (Wildman–Crippen MR) is 125 cm³/mol. The molecular weight excluding hydrogens is 434 g/mol. The monoisotopic (exact) mass is 451 g/mol. The fourth-order valence-electron chi connectivity index (χ4n) is 3.57. The molecule has 34 heavy (non-hydrogen) atoms. The molecule has 0 amide bonds. The Morgan fingerprint density at radius 2 is 1.29 bits per heavy atom. The van der Waals surface area contributed by atoms with Crippen LogP contribution >= 0.6 is 0 Å². The van der Waals surface area contributed by atoms with Crippen LogP contribution in [0.3, 0.4) is 0 Å². The highest BCUT2D eigenvalue weighted by molar-refractivity contribution is 6.17. The fourth-order valence-corrected chi connectivity index (χ4v) is 3.57. The summed E-state index contributed by atoms with van der Waals surface area (Å²) >= 11 is 0. The number of imidazole rings is 2. The van der Waals surface area contributed by atoms with Crippen LogP contribution in [0.5, 0.6) is 0 Å². The summed E-state index contributed by atoms with van der Waals surface area (Å²) < 4.78 is 0. The van der Waals surface area contributed by atoms with Gasteiger partial charge < -0.3 is 21.4 Å². The molecule has 0 radical (unpaired) electrons. The van der Waals surface area contributed by atoms with E-state index in [-0.39, 0.29) is 34.6 Å². The van der Waals surface area contributed by atoms with E-state index in [9.17, 15) is 9.59 Å². The van der Waals surface area contributed by atoms with Crippen molar-refractivity contribution < 1.29 is 9.59 Å². The van der Waals surface area contributed by atoms with Gasteiger partial charge in [-0.15, -0.1) is 0 Å². The van der Waals surface area contributed by atoms with Crippen molar-refractivity contribution in [1.29, 1.82) is 10.8 Å². The first-order valence-corrected chi connectivity index (χ1v) is 10.0. The van der Waals surface area contributed by atoms with E-state index in [1.54, 1.807) is 42.5 Å². The molecule has 166 valence electrons. The van der Waals surface area contributed by atoms with Crippen LogP contribution in [-0.2, 0) is 0 Å². The second kappa shape index (κ2) is 7.74. The van der Waals surface area contributed by atoms with Crippen LogP contribution in [0.15, 0.2) is 54.7 Å². The number of hydrogen-bond donors (Lipinski definition) is 6. The molecule has 5 rings (SSSR count). The van der Waals surface area contributed by atoms with E-state index in [4.69, 9.17) is 22.3 Å². The minimum Gasteiger partial charge on any atom is -0.384 e. The van der Waals surface area contributed by atoms with Gasteiger partial charge in [-0.3, -0.25) is 25.4 Å². The number of hydrogen-bond acceptors (Lipinski definition) is 7. The van der Waals surface area contributed by atoms with Crippen LogP contribution < -0.4 is 11.5 Å². The average Bonchev–Trinajstić information content (AvgIpc) is 3.46. The number of nitrogens with zero attached hydrogens (tertiary/aromatic N) is 3. The lowest BCUT2D eigenvalue weighted by molar-refractivity contribution is 0.0991. The van der Waals surface area contributed by atoms with Gasteiger partial charge in [-0.1, -0.05) is 0 Å². The second-order valence-electron chi connectivity index (χ2n) is 7.52. The van der Waals surface area contributed by atoms with Crippen LogP contribution in [0.25, 0.3) is 22.1 Å². The maximum Gasteiger partial charge on any atom is 0.247 e. The summed E-state index contributed by atoms with van der Waals surface area (Å²) in [6.45, 7) is 0. The van der Waals surface area contributed by atoms with Gasteiger partial charge in [0.15, 0.2) is 11.6 Å². The van der Waals surface area contributed by atoms with Crippen molar-refractivity contribution in [1.82, 2.24) is 24.9 Å². The summed E-state index contributed by atoms with van der Waals surface area (Å²) in [6.07, 6.45) is 1.41. The van der Waals surface area contributed by atoms with Gasteiger partial charge in [-0.05, 0) is 48.5 Å². The maximum atomic E-state index is 13.3. The molecule has 5 aromatic rings. The molecule has 3 aromatic heterocycles. The maximum absolute atomic E-state index is 13.3. The molecule has 0 aliphatic rings. The summed E-state index contributed by atoms with van der Waals surface area (Å²) in [5.74, 6) is -1.30. The number of pyridine rings is 1. The Balaban J connectivity index is 1.53. The van der Waals surface area contributed by atoms with E-state index >= 15 is 0 Å². The van der Waals surface area contributed by atoms with Crippen molar-refractivity contribution in [3.63, 3.8) is 0 Å². The first-order valence-electron chi connectivity index (χ1n) is 10.0. The summed E-state index contributed by atoms with van der Waals surface area (Å²) in [5, 5.41) is 15.1. The van der Waals surface area contributed by atoms with Crippen molar-refractivity contribution in [2.24, 2.45) is 11.5 Å². The lowest BCUT2D eigenvalue weighted by atomic mass is 10.1. The molecule has 11 heteroatoms. The number of aromatic amines is 2. The predicted octanol–water partition coefficient (Wildman–Crippen LogP) is 1.86.